The molecule has 4 rings (SSSR count). The van der Waals surface area contributed by atoms with E-state index in [1.54, 1.807) is 6.07 Å². The van der Waals surface area contributed by atoms with Gasteiger partial charge < -0.3 is 30.5 Å². The maximum atomic E-state index is 12.8. The molecule has 0 aliphatic rings. The summed E-state index contributed by atoms with van der Waals surface area (Å²) in [7, 11) is -6.14. The lowest BCUT2D eigenvalue weighted by atomic mass is 10.1. The first kappa shape index (κ1) is 34.2. The highest BCUT2D eigenvalue weighted by Crippen LogP contribution is 2.45. The van der Waals surface area contributed by atoms with E-state index >= 15 is 0 Å². The molecule has 6 N–H and O–H groups in total. The zero-order valence-corrected chi connectivity index (χ0v) is 26.1. The number of rotatable bonds is 13. The molecule has 0 amide bonds. The third-order valence-corrected chi connectivity index (χ3v) is 9.35. The van der Waals surface area contributed by atoms with E-state index < -0.39 is 49.7 Å². The molecule has 0 saturated carbocycles. The normalized spacial score (nSPS) is 12.5. The van der Waals surface area contributed by atoms with Crippen LogP contribution in [0.5, 0.6) is 17.2 Å². The molecule has 0 atom stereocenters. The van der Waals surface area contributed by atoms with Gasteiger partial charge >= 0.3 is 0 Å². The highest BCUT2D eigenvalue weighted by atomic mass is 32.2. The van der Waals surface area contributed by atoms with Gasteiger partial charge in [0, 0.05) is 36.3 Å². The fourth-order valence-corrected chi connectivity index (χ4v) is 6.45. The van der Waals surface area contributed by atoms with Gasteiger partial charge in [0.1, 0.15) is 33.5 Å². The molecule has 0 spiro atoms. The summed E-state index contributed by atoms with van der Waals surface area (Å²) in [4.78, 5) is -0.767. The molecule has 46 heavy (non-hydrogen) atoms. The number of sulfonamides is 1. The number of hydrogen-bond acceptors (Lipinski definition) is 14. The Morgan fingerprint density at radius 2 is 1.37 bits per heavy atom. The number of hydrogen-bond donors (Lipinski definition) is 5. The molecule has 0 fully saturated rings. The van der Waals surface area contributed by atoms with Crippen LogP contribution < -0.4 is 15.2 Å². The monoisotopic (exact) mass is 674 g/mol. The standard InChI is InChI=1S/C28H30N6O10S2/c1-43-23-16-22(32-33-27-25(46(40,41)42)14-17-4-3-5-20(29)26(17)28(27)37)24(44-2)15-21(23)31-30-18-6-8-19(9-7-18)45(38,39)34(10-12-35)11-13-36/h3-9,14-16,35-37H,10-13,29H2,1-2H3,(H,40,41,42). The van der Waals surface area contributed by atoms with Crippen LogP contribution in [0.4, 0.5) is 28.4 Å². The van der Waals surface area contributed by atoms with Crippen LogP contribution in [0.25, 0.3) is 10.8 Å². The number of methoxy groups -OCH3 is 2. The van der Waals surface area contributed by atoms with Gasteiger partial charge in [-0.05, 0) is 41.8 Å². The van der Waals surface area contributed by atoms with Gasteiger partial charge in [-0.3, -0.25) is 4.55 Å². The van der Waals surface area contributed by atoms with Gasteiger partial charge in [-0.15, -0.1) is 15.3 Å². The summed E-state index contributed by atoms with van der Waals surface area (Å²) in [6, 6.07) is 13.9. The van der Waals surface area contributed by atoms with Crippen molar-refractivity contribution in [2.75, 3.05) is 46.3 Å². The topological polar surface area (TPSA) is 246 Å². The average Bonchev–Trinajstić information content (AvgIpc) is 3.02. The Morgan fingerprint density at radius 3 is 1.89 bits per heavy atom. The number of anilines is 1. The molecule has 0 bridgehead atoms. The largest absolute Gasteiger partial charge is 0.505 e. The lowest BCUT2D eigenvalue weighted by Crippen LogP contribution is -2.35. The molecular formula is C28H30N6O10S2. The van der Waals surface area contributed by atoms with E-state index in [4.69, 9.17) is 15.2 Å². The zero-order valence-electron chi connectivity index (χ0n) is 24.5. The average molecular weight is 675 g/mol. The van der Waals surface area contributed by atoms with E-state index in [1.165, 1.54) is 62.8 Å². The third-order valence-electron chi connectivity index (χ3n) is 6.57. The first-order valence-corrected chi connectivity index (χ1v) is 16.2. The molecule has 0 radical (unpaired) electrons. The predicted octanol–water partition coefficient (Wildman–Crippen LogP) is 4.20. The molecular weight excluding hydrogens is 644 g/mol. The molecule has 4 aromatic carbocycles. The van der Waals surface area contributed by atoms with Crippen LogP contribution in [0, 0.1) is 0 Å². The molecule has 0 saturated heterocycles. The van der Waals surface area contributed by atoms with Crippen molar-refractivity contribution in [3.05, 3.63) is 60.7 Å². The van der Waals surface area contributed by atoms with Crippen LogP contribution in [0.1, 0.15) is 0 Å². The van der Waals surface area contributed by atoms with E-state index in [0.29, 0.717) is 0 Å². The molecule has 18 heteroatoms. The molecule has 0 heterocycles. The minimum absolute atomic E-state index is 0.0324. The Morgan fingerprint density at radius 1 is 0.804 bits per heavy atom. The Bertz CT molecular complexity index is 2010. The van der Waals surface area contributed by atoms with Crippen LogP contribution in [-0.4, -0.2) is 81.5 Å². The van der Waals surface area contributed by atoms with Crippen molar-refractivity contribution in [3.8, 4) is 17.2 Å². The first-order chi connectivity index (χ1) is 21.8. The Labute approximate surface area is 263 Å². The number of benzene rings is 4. The van der Waals surface area contributed by atoms with Crippen LogP contribution in [0.15, 0.2) is 90.9 Å². The molecule has 0 aliphatic carbocycles. The number of ether oxygens (including phenoxy) is 2. The summed E-state index contributed by atoms with van der Waals surface area (Å²) >= 11 is 0. The number of aromatic hydroxyl groups is 1. The number of phenols is 1. The lowest BCUT2D eigenvalue weighted by molar-refractivity contribution is 0.217. The van der Waals surface area contributed by atoms with E-state index in [-0.39, 0.29) is 63.0 Å². The molecule has 16 nitrogen and oxygen atoms in total. The van der Waals surface area contributed by atoms with Gasteiger partial charge in [0.25, 0.3) is 10.1 Å². The van der Waals surface area contributed by atoms with E-state index in [9.17, 15) is 36.7 Å². The summed E-state index contributed by atoms with van der Waals surface area (Å²) in [6.07, 6.45) is 0. The molecule has 0 unspecified atom stereocenters. The maximum absolute atomic E-state index is 12.8. The summed E-state index contributed by atoms with van der Waals surface area (Å²) in [5.74, 6) is -0.374. The van der Waals surface area contributed by atoms with Gasteiger partial charge in [-0.1, -0.05) is 12.1 Å². The number of fused-ring (bicyclic) bond motifs is 1. The van der Waals surface area contributed by atoms with Crippen LogP contribution in [0.3, 0.4) is 0 Å². The number of aliphatic hydroxyl groups is 2. The van der Waals surface area contributed by atoms with Gasteiger partial charge in [-0.2, -0.15) is 17.8 Å². The zero-order chi connectivity index (χ0) is 33.6. The second-order valence-electron chi connectivity index (χ2n) is 9.43. The van der Waals surface area contributed by atoms with Crippen molar-refractivity contribution >= 4 is 59.4 Å². The second-order valence-corrected chi connectivity index (χ2v) is 12.8. The summed E-state index contributed by atoms with van der Waals surface area (Å²) < 4.78 is 71.5. The Kier molecular flexibility index (Phi) is 10.5. The fraction of sp³-hybridized carbons (Fsp3) is 0.214. The van der Waals surface area contributed by atoms with Crippen molar-refractivity contribution in [2.45, 2.75) is 9.79 Å². The van der Waals surface area contributed by atoms with Crippen molar-refractivity contribution in [1.29, 1.82) is 0 Å². The fourth-order valence-electron chi connectivity index (χ4n) is 4.37. The predicted molar refractivity (Wildman–Crippen MR) is 167 cm³/mol. The first-order valence-electron chi connectivity index (χ1n) is 13.3. The van der Waals surface area contributed by atoms with Crippen LogP contribution in [-0.2, 0) is 20.1 Å². The molecule has 244 valence electrons. The van der Waals surface area contributed by atoms with E-state index in [2.05, 4.69) is 20.5 Å². The molecule has 4 aromatic rings. The van der Waals surface area contributed by atoms with E-state index in [0.717, 1.165) is 10.4 Å². The van der Waals surface area contributed by atoms with Crippen molar-refractivity contribution in [3.63, 3.8) is 0 Å². The second kappa shape index (κ2) is 14.1. The number of aliphatic hydroxyl groups excluding tert-OH is 2. The Hall–Kier alpha value is -4.72. The van der Waals surface area contributed by atoms with Crippen LogP contribution in [0.2, 0.25) is 0 Å². The van der Waals surface area contributed by atoms with E-state index in [1.807, 2.05) is 0 Å². The minimum Gasteiger partial charge on any atom is -0.505 e. The number of nitrogen functional groups attached to an aromatic ring is 1. The van der Waals surface area contributed by atoms with Crippen molar-refractivity contribution < 1.29 is 46.2 Å². The van der Waals surface area contributed by atoms with Gasteiger partial charge in [0.15, 0.2) is 5.75 Å². The van der Waals surface area contributed by atoms with Crippen molar-refractivity contribution in [2.24, 2.45) is 20.5 Å². The minimum atomic E-state index is -4.85. The van der Waals surface area contributed by atoms with Crippen molar-refractivity contribution in [1.82, 2.24) is 4.31 Å². The summed E-state index contributed by atoms with van der Waals surface area (Å²) in [5.41, 5.74) is 6.05. The molecule has 0 aromatic heterocycles. The summed E-state index contributed by atoms with van der Waals surface area (Å²) in [5, 5.41) is 45.8. The van der Waals surface area contributed by atoms with Gasteiger partial charge in [-0.25, -0.2) is 8.42 Å². The SMILES string of the molecule is COc1cc(N=Nc2c(S(=O)(=O)O)cc3cccc(N)c3c2O)c(OC)cc1N=Nc1ccc(S(=O)(=O)N(CCO)CCO)cc1. The molecule has 0 aliphatic heterocycles. The van der Waals surface area contributed by atoms with Gasteiger partial charge in [0.05, 0.1) is 38.0 Å². The highest BCUT2D eigenvalue weighted by molar-refractivity contribution is 7.89. The number of nitrogens with zero attached hydrogens (tertiary/aromatic N) is 5. The lowest BCUT2D eigenvalue weighted by Gasteiger charge is -2.20. The van der Waals surface area contributed by atoms with Crippen LogP contribution >= 0.6 is 0 Å². The number of azo groups is 2. The quantitative estimate of drug-likeness (QED) is 0.0764. The smallest absolute Gasteiger partial charge is 0.296 e. The number of nitrogens with two attached hydrogens (primary N) is 1. The number of phenolic OH excluding ortho intramolecular Hbond substituents is 1. The Balaban J connectivity index is 1.69. The highest BCUT2D eigenvalue weighted by Gasteiger charge is 2.24. The third kappa shape index (κ3) is 7.22. The summed E-state index contributed by atoms with van der Waals surface area (Å²) in [6.45, 7) is -1.18. The van der Waals surface area contributed by atoms with Gasteiger partial charge in [0.2, 0.25) is 10.0 Å². The maximum Gasteiger partial charge on any atom is 0.296 e.